The number of aromatic nitrogens is 1. The molecule has 0 spiro atoms. The van der Waals surface area contributed by atoms with Crippen LogP contribution < -0.4 is 9.64 Å². The predicted molar refractivity (Wildman–Crippen MR) is 140 cm³/mol. The third-order valence-electron chi connectivity index (χ3n) is 6.40. The van der Waals surface area contributed by atoms with Gasteiger partial charge in [-0.1, -0.05) is 23.7 Å². The number of ether oxygens (including phenoxy) is 1. The van der Waals surface area contributed by atoms with E-state index in [9.17, 15) is 14.7 Å². The summed E-state index contributed by atoms with van der Waals surface area (Å²) >= 11 is 6.28. The molecule has 1 unspecified atom stereocenters. The first kappa shape index (κ1) is 25.3. The molecule has 186 valence electrons. The Morgan fingerprint density at radius 1 is 1.06 bits per heavy atom. The predicted octanol–water partition coefficient (Wildman–Crippen LogP) is 5.21. The van der Waals surface area contributed by atoms with E-state index in [0.29, 0.717) is 11.3 Å². The van der Waals surface area contributed by atoms with Crippen LogP contribution in [0.15, 0.2) is 72.6 Å². The molecule has 1 aliphatic rings. The van der Waals surface area contributed by atoms with Gasteiger partial charge < -0.3 is 19.6 Å². The van der Waals surface area contributed by atoms with Crippen LogP contribution in [0.5, 0.6) is 5.75 Å². The van der Waals surface area contributed by atoms with Crippen LogP contribution in [0.1, 0.15) is 36.6 Å². The van der Waals surface area contributed by atoms with Crippen molar-refractivity contribution in [1.82, 2.24) is 9.88 Å². The highest BCUT2D eigenvalue weighted by Gasteiger charge is 2.46. The van der Waals surface area contributed by atoms with Crippen LogP contribution in [-0.4, -0.2) is 46.9 Å². The molecular weight excluding hydrogens is 478 g/mol. The molecule has 1 aromatic heterocycles. The van der Waals surface area contributed by atoms with Gasteiger partial charge in [0.15, 0.2) is 0 Å². The highest BCUT2D eigenvalue weighted by Crippen LogP contribution is 2.41. The standard InChI is InChI=1S/C28H28ClN3O4/c1-4-31(5-2)21-9-6-19(7-10-21)25-24(26(33)20-8-11-23(36-3)22(29)16-20)27(34)28(35)32(25)17-18-12-14-30-15-13-18/h6-16,25,33H,4-5,17H2,1-3H3/b26-24-. The van der Waals surface area contributed by atoms with Gasteiger partial charge in [0.2, 0.25) is 0 Å². The summed E-state index contributed by atoms with van der Waals surface area (Å²) < 4.78 is 5.20. The van der Waals surface area contributed by atoms with Gasteiger partial charge in [-0.05, 0) is 67.4 Å². The molecule has 7 nitrogen and oxygen atoms in total. The molecule has 0 radical (unpaired) electrons. The molecule has 3 aromatic rings. The number of aliphatic hydroxyl groups excluding tert-OH is 1. The van der Waals surface area contributed by atoms with Gasteiger partial charge >= 0.3 is 0 Å². The molecule has 4 rings (SSSR count). The zero-order chi connectivity index (χ0) is 25.8. The number of likely N-dealkylation sites (tertiary alicyclic amines) is 1. The summed E-state index contributed by atoms with van der Waals surface area (Å²) in [6, 6.07) is 15.3. The van der Waals surface area contributed by atoms with Crippen LogP contribution in [0, 0.1) is 0 Å². The topological polar surface area (TPSA) is 83.0 Å². The lowest BCUT2D eigenvalue weighted by molar-refractivity contribution is -0.140. The molecule has 0 saturated carbocycles. The lowest BCUT2D eigenvalue weighted by Gasteiger charge is -2.27. The maximum atomic E-state index is 13.3. The molecular formula is C28H28ClN3O4. The van der Waals surface area contributed by atoms with Crippen molar-refractivity contribution in [1.29, 1.82) is 0 Å². The Balaban J connectivity index is 1.84. The van der Waals surface area contributed by atoms with Crippen LogP contribution in [0.2, 0.25) is 5.02 Å². The lowest BCUT2D eigenvalue weighted by Crippen LogP contribution is -2.29. The van der Waals surface area contributed by atoms with E-state index in [0.717, 1.165) is 29.9 Å². The second-order valence-electron chi connectivity index (χ2n) is 8.40. The van der Waals surface area contributed by atoms with Gasteiger partial charge in [0.05, 0.1) is 23.7 Å². The fourth-order valence-corrected chi connectivity index (χ4v) is 4.76. The molecule has 1 N–H and O–H groups in total. The lowest BCUT2D eigenvalue weighted by atomic mass is 9.95. The Labute approximate surface area is 215 Å². The summed E-state index contributed by atoms with van der Waals surface area (Å²) in [5.41, 5.74) is 2.93. The molecule has 1 saturated heterocycles. The van der Waals surface area contributed by atoms with Crippen molar-refractivity contribution in [3.63, 3.8) is 0 Å². The third-order valence-corrected chi connectivity index (χ3v) is 6.70. The molecule has 1 aliphatic heterocycles. The number of halogens is 1. The number of benzene rings is 2. The van der Waals surface area contributed by atoms with Crippen molar-refractivity contribution < 1.29 is 19.4 Å². The van der Waals surface area contributed by atoms with E-state index in [2.05, 4.69) is 23.7 Å². The number of rotatable bonds is 8. The maximum Gasteiger partial charge on any atom is 0.295 e. The third kappa shape index (κ3) is 4.79. The van der Waals surface area contributed by atoms with E-state index in [-0.39, 0.29) is 22.9 Å². The summed E-state index contributed by atoms with van der Waals surface area (Å²) in [6.07, 6.45) is 3.28. The van der Waals surface area contributed by atoms with Crippen LogP contribution in [0.3, 0.4) is 0 Å². The van der Waals surface area contributed by atoms with Gasteiger partial charge in [0, 0.05) is 43.3 Å². The molecule has 36 heavy (non-hydrogen) atoms. The van der Waals surface area contributed by atoms with Crippen molar-refractivity contribution in [3.8, 4) is 5.75 Å². The van der Waals surface area contributed by atoms with Gasteiger partial charge in [-0.15, -0.1) is 0 Å². The fourth-order valence-electron chi connectivity index (χ4n) is 4.50. The summed E-state index contributed by atoms with van der Waals surface area (Å²) in [5, 5.41) is 11.6. The van der Waals surface area contributed by atoms with Crippen molar-refractivity contribution in [3.05, 3.63) is 94.3 Å². The quantitative estimate of drug-likeness (QED) is 0.257. The maximum absolute atomic E-state index is 13.3. The minimum atomic E-state index is -0.773. The Kier molecular flexibility index (Phi) is 7.60. The van der Waals surface area contributed by atoms with Gasteiger partial charge in [0.1, 0.15) is 11.5 Å². The van der Waals surface area contributed by atoms with Crippen LogP contribution in [-0.2, 0) is 16.1 Å². The monoisotopic (exact) mass is 505 g/mol. The summed E-state index contributed by atoms with van der Waals surface area (Å²) in [7, 11) is 1.49. The Bertz CT molecular complexity index is 1290. The molecule has 8 heteroatoms. The first-order valence-electron chi connectivity index (χ1n) is 11.8. The van der Waals surface area contributed by atoms with Crippen LogP contribution in [0.25, 0.3) is 5.76 Å². The molecule has 2 aromatic carbocycles. The summed E-state index contributed by atoms with van der Waals surface area (Å²) in [4.78, 5) is 34.3. The summed E-state index contributed by atoms with van der Waals surface area (Å²) in [6.45, 7) is 6.07. The van der Waals surface area contributed by atoms with E-state index in [4.69, 9.17) is 16.3 Å². The highest BCUT2D eigenvalue weighted by atomic mass is 35.5. The van der Waals surface area contributed by atoms with E-state index in [1.807, 2.05) is 24.3 Å². The number of hydrogen-bond acceptors (Lipinski definition) is 6. The Morgan fingerprint density at radius 3 is 2.31 bits per heavy atom. The molecule has 0 aliphatic carbocycles. The van der Waals surface area contributed by atoms with Gasteiger partial charge in [-0.3, -0.25) is 14.6 Å². The normalized spacial score (nSPS) is 16.9. The Hall–Kier alpha value is -3.84. The average Bonchev–Trinajstić information content (AvgIpc) is 3.15. The minimum absolute atomic E-state index is 0.0193. The Morgan fingerprint density at radius 2 is 1.72 bits per heavy atom. The highest BCUT2D eigenvalue weighted by molar-refractivity contribution is 6.46. The molecule has 1 fully saturated rings. The first-order chi connectivity index (χ1) is 17.4. The van der Waals surface area contributed by atoms with E-state index in [1.165, 1.54) is 18.1 Å². The number of hydrogen-bond donors (Lipinski definition) is 1. The first-order valence-corrected chi connectivity index (χ1v) is 12.1. The minimum Gasteiger partial charge on any atom is -0.507 e. The van der Waals surface area contributed by atoms with E-state index >= 15 is 0 Å². The average molecular weight is 506 g/mol. The van der Waals surface area contributed by atoms with E-state index in [1.54, 1.807) is 36.7 Å². The largest absolute Gasteiger partial charge is 0.507 e. The van der Waals surface area contributed by atoms with Gasteiger partial charge in [0.25, 0.3) is 11.7 Å². The number of methoxy groups -OCH3 is 1. The summed E-state index contributed by atoms with van der Waals surface area (Å²) in [5.74, 6) is -1.26. The molecule has 1 amide bonds. The van der Waals surface area contributed by atoms with Gasteiger partial charge in [-0.25, -0.2) is 0 Å². The number of carbonyl (C=O) groups is 2. The van der Waals surface area contributed by atoms with Crippen molar-refractivity contribution in [2.75, 3.05) is 25.1 Å². The van der Waals surface area contributed by atoms with Crippen molar-refractivity contribution in [2.24, 2.45) is 0 Å². The second-order valence-corrected chi connectivity index (χ2v) is 8.80. The van der Waals surface area contributed by atoms with Crippen molar-refractivity contribution >= 4 is 34.7 Å². The molecule has 1 atom stereocenters. The van der Waals surface area contributed by atoms with Crippen LogP contribution >= 0.6 is 11.6 Å². The number of amides is 1. The molecule has 2 heterocycles. The zero-order valence-corrected chi connectivity index (χ0v) is 21.2. The zero-order valence-electron chi connectivity index (χ0n) is 20.4. The molecule has 0 bridgehead atoms. The SMILES string of the molecule is CCN(CC)c1ccc(C2/C(=C(/O)c3ccc(OC)c(Cl)c3)C(=O)C(=O)N2Cc2ccncc2)cc1. The number of Topliss-reactive ketones (excluding diaryl/α,β-unsaturated/α-hetero) is 1. The van der Waals surface area contributed by atoms with Gasteiger partial charge in [-0.2, -0.15) is 0 Å². The van der Waals surface area contributed by atoms with Crippen molar-refractivity contribution in [2.45, 2.75) is 26.4 Å². The number of pyridine rings is 1. The van der Waals surface area contributed by atoms with E-state index < -0.39 is 17.7 Å². The number of ketones is 1. The number of carbonyl (C=O) groups excluding carboxylic acids is 2. The van der Waals surface area contributed by atoms with Crippen LogP contribution in [0.4, 0.5) is 5.69 Å². The smallest absolute Gasteiger partial charge is 0.295 e. The number of nitrogens with zero attached hydrogens (tertiary/aromatic N) is 3. The number of anilines is 1. The fraction of sp³-hybridized carbons (Fsp3) is 0.250. The number of aliphatic hydroxyl groups is 1. The second kappa shape index (κ2) is 10.8.